The summed E-state index contributed by atoms with van der Waals surface area (Å²) in [4.78, 5) is 0. The first-order valence-corrected chi connectivity index (χ1v) is 7.08. The van der Waals surface area contributed by atoms with Gasteiger partial charge in [0.25, 0.3) is 0 Å². The number of aliphatic hydroxyl groups is 1. The van der Waals surface area contributed by atoms with Gasteiger partial charge >= 0.3 is 0 Å². The van der Waals surface area contributed by atoms with Crippen molar-refractivity contribution in [3.05, 3.63) is 34.9 Å². The highest BCUT2D eigenvalue weighted by atomic mass is 16.3. The molecule has 18 heavy (non-hydrogen) atoms. The summed E-state index contributed by atoms with van der Waals surface area (Å²) in [5.74, 6) is 0. The van der Waals surface area contributed by atoms with Gasteiger partial charge in [-0.3, -0.25) is 0 Å². The van der Waals surface area contributed by atoms with Crippen LogP contribution in [0.4, 0.5) is 0 Å². The molecule has 1 fully saturated rings. The third kappa shape index (κ3) is 3.14. The van der Waals surface area contributed by atoms with E-state index >= 15 is 0 Å². The molecule has 0 bridgehead atoms. The molecule has 0 saturated heterocycles. The Bertz CT molecular complexity index is 433. The summed E-state index contributed by atoms with van der Waals surface area (Å²) >= 11 is 0. The first-order chi connectivity index (χ1) is 8.30. The highest BCUT2D eigenvalue weighted by Crippen LogP contribution is 2.42. The molecule has 2 rings (SSSR count). The summed E-state index contributed by atoms with van der Waals surface area (Å²) in [5.41, 5.74) is 3.69. The van der Waals surface area contributed by atoms with Crippen molar-refractivity contribution >= 4 is 0 Å². The van der Waals surface area contributed by atoms with Gasteiger partial charge in [0.05, 0.1) is 5.60 Å². The maximum Gasteiger partial charge on any atom is 0.0693 e. The van der Waals surface area contributed by atoms with Gasteiger partial charge in [0.1, 0.15) is 0 Å². The summed E-state index contributed by atoms with van der Waals surface area (Å²) in [5, 5.41) is 10.9. The van der Waals surface area contributed by atoms with Crippen molar-refractivity contribution < 1.29 is 5.11 Å². The Morgan fingerprint density at radius 1 is 1.17 bits per heavy atom. The lowest BCUT2D eigenvalue weighted by molar-refractivity contribution is -0.0383. The lowest BCUT2D eigenvalue weighted by atomic mass is 9.68. The Hall–Kier alpha value is -0.820. The molecule has 1 aromatic carbocycles. The van der Waals surface area contributed by atoms with Gasteiger partial charge in [0, 0.05) is 6.42 Å². The van der Waals surface area contributed by atoms with E-state index in [-0.39, 0.29) is 5.41 Å². The largest absolute Gasteiger partial charge is 0.390 e. The maximum atomic E-state index is 10.9. The van der Waals surface area contributed by atoms with Crippen molar-refractivity contribution in [3.63, 3.8) is 0 Å². The van der Waals surface area contributed by atoms with Crippen molar-refractivity contribution in [3.8, 4) is 0 Å². The Kier molecular flexibility index (Phi) is 3.55. The second-order valence-electron chi connectivity index (χ2n) is 7.03. The zero-order valence-electron chi connectivity index (χ0n) is 12.2. The van der Waals surface area contributed by atoms with E-state index in [1.54, 1.807) is 0 Å². The van der Waals surface area contributed by atoms with Crippen LogP contribution < -0.4 is 0 Å². The van der Waals surface area contributed by atoms with Crippen molar-refractivity contribution in [2.75, 3.05) is 0 Å². The molecular formula is C17H26O. The van der Waals surface area contributed by atoms with Crippen molar-refractivity contribution in [2.45, 2.75) is 65.4 Å². The Balaban J connectivity index is 2.19. The summed E-state index contributed by atoms with van der Waals surface area (Å²) in [6, 6.07) is 6.55. The lowest BCUT2D eigenvalue weighted by Gasteiger charge is -2.42. The van der Waals surface area contributed by atoms with Gasteiger partial charge in [-0.05, 0) is 49.7 Å². The molecule has 1 saturated carbocycles. The lowest BCUT2D eigenvalue weighted by Crippen LogP contribution is -2.40. The second-order valence-corrected chi connectivity index (χ2v) is 7.03. The van der Waals surface area contributed by atoms with Crippen molar-refractivity contribution in [1.82, 2.24) is 0 Å². The van der Waals surface area contributed by atoms with E-state index in [4.69, 9.17) is 0 Å². The summed E-state index contributed by atoms with van der Waals surface area (Å²) in [6.45, 7) is 8.82. The molecule has 0 spiro atoms. The van der Waals surface area contributed by atoms with E-state index in [0.717, 1.165) is 25.7 Å². The van der Waals surface area contributed by atoms with Crippen LogP contribution in [0.15, 0.2) is 18.2 Å². The Labute approximate surface area is 111 Å². The fraction of sp³-hybridized carbons (Fsp3) is 0.647. The van der Waals surface area contributed by atoms with Gasteiger partial charge in [-0.2, -0.15) is 0 Å². The van der Waals surface area contributed by atoms with Gasteiger partial charge < -0.3 is 5.11 Å². The van der Waals surface area contributed by atoms with Gasteiger partial charge in [-0.1, -0.05) is 44.0 Å². The molecule has 0 aliphatic heterocycles. The van der Waals surface area contributed by atoms with E-state index < -0.39 is 5.60 Å². The summed E-state index contributed by atoms with van der Waals surface area (Å²) in [6.07, 6.45) is 5.07. The van der Waals surface area contributed by atoms with Gasteiger partial charge in [-0.25, -0.2) is 0 Å². The van der Waals surface area contributed by atoms with Crippen LogP contribution in [0.2, 0.25) is 0 Å². The first kappa shape index (κ1) is 13.6. The fourth-order valence-corrected chi connectivity index (χ4v) is 3.46. The topological polar surface area (TPSA) is 20.2 Å². The average molecular weight is 246 g/mol. The highest BCUT2D eigenvalue weighted by molar-refractivity contribution is 5.31. The molecule has 1 unspecified atom stereocenters. The quantitative estimate of drug-likeness (QED) is 0.830. The summed E-state index contributed by atoms with van der Waals surface area (Å²) < 4.78 is 0. The number of rotatable bonds is 2. The third-order valence-electron chi connectivity index (χ3n) is 4.33. The van der Waals surface area contributed by atoms with E-state index in [1.807, 2.05) is 0 Å². The molecule has 0 amide bonds. The van der Waals surface area contributed by atoms with Gasteiger partial charge in [0.15, 0.2) is 0 Å². The van der Waals surface area contributed by atoms with Gasteiger partial charge in [0.2, 0.25) is 0 Å². The molecule has 1 atom stereocenters. The second kappa shape index (κ2) is 4.70. The molecule has 1 heteroatoms. The monoisotopic (exact) mass is 246 g/mol. The molecule has 0 aromatic heterocycles. The Morgan fingerprint density at radius 3 is 2.56 bits per heavy atom. The van der Waals surface area contributed by atoms with Gasteiger partial charge in [-0.15, -0.1) is 0 Å². The van der Waals surface area contributed by atoms with Crippen molar-refractivity contribution in [1.29, 1.82) is 0 Å². The van der Waals surface area contributed by atoms with E-state index in [0.29, 0.717) is 0 Å². The number of hydrogen-bond acceptors (Lipinski definition) is 1. The van der Waals surface area contributed by atoms with Crippen LogP contribution in [0.3, 0.4) is 0 Å². The van der Waals surface area contributed by atoms with Crippen LogP contribution in [-0.4, -0.2) is 10.7 Å². The number of aryl methyl sites for hydroxylation is 2. The van der Waals surface area contributed by atoms with Crippen LogP contribution in [0.25, 0.3) is 0 Å². The minimum Gasteiger partial charge on any atom is -0.390 e. The molecule has 1 aliphatic rings. The van der Waals surface area contributed by atoms with Crippen LogP contribution in [0.5, 0.6) is 0 Å². The van der Waals surface area contributed by atoms with E-state index in [9.17, 15) is 5.11 Å². The molecule has 1 aromatic rings. The van der Waals surface area contributed by atoms with E-state index in [2.05, 4.69) is 45.9 Å². The zero-order valence-corrected chi connectivity index (χ0v) is 12.2. The third-order valence-corrected chi connectivity index (χ3v) is 4.33. The number of benzene rings is 1. The molecular weight excluding hydrogens is 220 g/mol. The van der Waals surface area contributed by atoms with Crippen LogP contribution in [0.1, 0.15) is 56.2 Å². The number of hydrogen-bond donors (Lipinski definition) is 1. The smallest absolute Gasteiger partial charge is 0.0693 e. The predicted molar refractivity (Wildman–Crippen MR) is 76.8 cm³/mol. The van der Waals surface area contributed by atoms with Crippen molar-refractivity contribution in [2.24, 2.45) is 5.41 Å². The highest BCUT2D eigenvalue weighted by Gasteiger charge is 2.38. The molecule has 1 aliphatic carbocycles. The minimum absolute atomic E-state index is 0.282. The van der Waals surface area contributed by atoms with E-state index in [1.165, 1.54) is 23.1 Å². The SMILES string of the molecule is Cc1ccc(C)c(CC2(O)CCCC(C)(C)C2)c1. The predicted octanol–water partition coefficient (Wildman–Crippen LogP) is 4.18. The molecule has 100 valence electrons. The Morgan fingerprint density at radius 2 is 1.89 bits per heavy atom. The maximum absolute atomic E-state index is 10.9. The van der Waals surface area contributed by atoms with Crippen LogP contribution >= 0.6 is 0 Å². The summed E-state index contributed by atoms with van der Waals surface area (Å²) in [7, 11) is 0. The fourth-order valence-electron chi connectivity index (χ4n) is 3.46. The molecule has 0 heterocycles. The first-order valence-electron chi connectivity index (χ1n) is 7.08. The van der Waals surface area contributed by atoms with Crippen LogP contribution in [-0.2, 0) is 6.42 Å². The normalized spacial score (nSPS) is 27.2. The zero-order chi connectivity index (χ0) is 13.4. The average Bonchev–Trinajstić information content (AvgIpc) is 2.21. The molecule has 1 nitrogen and oxygen atoms in total. The molecule has 1 N–H and O–H groups in total. The minimum atomic E-state index is -0.500. The van der Waals surface area contributed by atoms with Crippen LogP contribution in [0, 0.1) is 19.3 Å². The molecule has 0 radical (unpaired) electrons. The standard InChI is InChI=1S/C17H26O/c1-13-6-7-14(2)15(10-13)11-17(18)9-5-8-16(3,4)12-17/h6-7,10,18H,5,8-9,11-12H2,1-4H3.